The normalized spacial score (nSPS) is 12.0. The van der Waals surface area contributed by atoms with Gasteiger partial charge in [0.05, 0.1) is 0 Å². The molecule has 1 aromatic carbocycles. The van der Waals surface area contributed by atoms with Crippen molar-refractivity contribution in [2.75, 3.05) is 6.54 Å². The second-order valence-electron chi connectivity index (χ2n) is 5.34. The van der Waals surface area contributed by atoms with Gasteiger partial charge in [-0.15, -0.1) is 5.10 Å². The van der Waals surface area contributed by atoms with Crippen molar-refractivity contribution in [3.05, 3.63) is 54.4 Å². The summed E-state index contributed by atoms with van der Waals surface area (Å²) in [5, 5.41) is 18.1. The summed E-state index contributed by atoms with van der Waals surface area (Å²) in [5.41, 5.74) is 1.04. The van der Waals surface area contributed by atoms with Crippen molar-refractivity contribution >= 4 is 5.91 Å². The van der Waals surface area contributed by atoms with Gasteiger partial charge in [0, 0.05) is 26.4 Å². The molecule has 1 atom stereocenters. The highest BCUT2D eigenvalue weighted by Crippen LogP contribution is 2.13. The number of hydrogen-bond acceptors (Lipinski definition) is 6. The Balaban J connectivity index is 1.64. The van der Waals surface area contributed by atoms with Crippen molar-refractivity contribution < 1.29 is 4.79 Å². The third kappa shape index (κ3) is 3.80. The molecule has 9 nitrogen and oxygen atoms in total. The van der Waals surface area contributed by atoms with Gasteiger partial charge in [0.2, 0.25) is 5.91 Å². The van der Waals surface area contributed by atoms with E-state index in [0.29, 0.717) is 19.4 Å². The summed E-state index contributed by atoms with van der Waals surface area (Å²) in [5.74, 6) is 0.686. The van der Waals surface area contributed by atoms with E-state index in [9.17, 15) is 4.79 Å². The zero-order valence-corrected chi connectivity index (χ0v) is 13.3. The average molecular weight is 326 g/mol. The Bertz CT molecular complexity index is 768. The minimum absolute atomic E-state index is 0.131. The van der Waals surface area contributed by atoms with Crippen molar-refractivity contribution in [3.63, 3.8) is 0 Å². The largest absolute Gasteiger partial charge is 0.354 e. The molecule has 1 unspecified atom stereocenters. The first kappa shape index (κ1) is 15.8. The van der Waals surface area contributed by atoms with Crippen molar-refractivity contribution in [1.29, 1.82) is 0 Å². The Hall–Kier alpha value is -3.10. The first-order chi connectivity index (χ1) is 11.7. The number of carbonyl (C=O) groups is 1. The van der Waals surface area contributed by atoms with Gasteiger partial charge in [-0.25, -0.2) is 9.67 Å². The third-order valence-corrected chi connectivity index (χ3v) is 3.71. The Morgan fingerprint density at radius 1 is 1.29 bits per heavy atom. The van der Waals surface area contributed by atoms with E-state index >= 15 is 0 Å². The van der Waals surface area contributed by atoms with Gasteiger partial charge in [-0.05, 0) is 16.0 Å². The molecule has 9 heteroatoms. The van der Waals surface area contributed by atoms with E-state index in [2.05, 4.69) is 30.9 Å². The van der Waals surface area contributed by atoms with Crippen molar-refractivity contribution in [2.24, 2.45) is 7.05 Å². The van der Waals surface area contributed by atoms with E-state index in [4.69, 9.17) is 0 Å². The standard InChI is InChI=1S/C15H18N8O/c1-22-14(17-10-19-22)7-8-16-15(24)13(23-11-18-20-21-23)9-12-5-3-2-4-6-12/h2-6,10-11,13H,7-9H2,1H3,(H,16,24). The van der Waals surface area contributed by atoms with Gasteiger partial charge in [-0.1, -0.05) is 30.3 Å². The maximum atomic E-state index is 12.6. The third-order valence-electron chi connectivity index (χ3n) is 3.71. The van der Waals surface area contributed by atoms with E-state index in [0.717, 1.165) is 11.4 Å². The fourth-order valence-electron chi connectivity index (χ4n) is 2.42. The summed E-state index contributed by atoms with van der Waals surface area (Å²) >= 11 is 0. The Morgan fingerprint density at radius 2 is 2.12 bits per heavy atom. The minimum atomic E-state index is -0.498. The van der Waals surface area contributed by atoms with E-state index in [1.54, 1.807) is 4.68 Å². The molecule has 3 rings (SSSR count). The highest BCUT2D eigenvalue weighted by atomic mass is 16.2. The van der Waals surface area contributed by atoms with Crippen LogP contribution in [0.3, 0.4) is 0 Å². The molecule has 0 radical (unpaired) electrons. The number of rotatable bonds is 7. The number of amides is 1. The van der Waals surface area contributed by atoms with Gasteiger partial charge < -0.3 is 5.32 Å². The summed E-state index contributed by atoms with van der Waals surface area (Å²) in [6.45, 7) is 0.471. The fourth-order valence-corrected chi connectivity index (χ4v) is 2.42. The van der Waals surface area contributed by atoms with E-state index in [-0.39, 0.29) is 5.91 Å². The molecule has 0 spiro atoms. The topological polar surface area (TPSA) is 103 Å². The number of aryl methyl sites for hydroxylation is 1. The van der Waals surface area contributed by atoms with Crippen LogP contribution in [0, 0.1) is 0 Å². The molecule has 0 fully saturated rings. The van der Waals surface area contributed by atoms with E-state index in [1.807, 2.05) is 37.4 Å². The second-order valence-corrected chi connectivity index (χ2v) is 5.34. The molecular formula is C15H18N8O. The quantitative estimate of drug-likeness (QED) is 0.652. The summed E-state index contributed by atoms with van der Waals surface area (Å²) in [6.07, 6.45) is 4.07. The summed E-state index contributed by atoms with van der Waals surface area (Å²) in [6, 6.07) is 9.28. The lowest BCUT2D eigenvalue weighted by molar-refractivity contribution is -0.124. The van der Waals surface area contributed by atoms with Crippen LogP contribution in [0.2, 0.25) is 0 Å². The summed E-state index contributed by atoms with van der Waals surface area (Å²) in [7, 11) is 1.82. The summed E-state index contributed by atoms with van der Waals surface area (Å²) < 4.78 is 3.17. The minimum Gasteiger partial charge on any atom is -0.354 e. The van der Waals surface area contributed by atoms with Crippen LogP contribution in [-0.4, -0.2) is 47.4 Å². The molecule has 1 amide bonds. The SMILES string of the molecule is Cn1ncnc1CCNC(=O)C(Cc1ccccc1)n1cnnn1. The smallest absolute Gasteiger partial charge is 0.245 e. The Morgan fingerprint density at radius 3 is 2.79 bits per heavy atom. The van der Waals surface area contributed by atoms with Crippen molar-refractivity contribution in [1.82, 2.24) is 40.3 Å². The molecule has 0 aliphatic rings. The monoisotopic (exact) mass is 326 g/mol. The number of tetrazole rings is 1. The maximum absolute atomic E-state index is 12.6. The van der Waals surface area contributed by atoms with Crippen LogP contribution >= 0.6 is 0 Å². The molecule has 1 N–H and O–H groups in total. The van der Waals surface area contributed by atoms with Crippen molar-refractivity contribution in [2.45, 2.75) is 18.9 Å². The molecule has 124 valence electrons. The first-order valence-electron chi connectivity index (χ1n) is 7.61. The lowest BCUT2D eigenvalue weighted by atomic mass is 10.1. The molecule has 0 aliphatic heterocycles. The zero-order valence-electron chi connectivity index (χ0n) is 13.3. The lowest BCUT2D eigenvalue weighted by Gasteiger charge is -2.16. The molecule has 2 aromatic heterocycles. The lowest BCUT2D eigenvalue weighted by Crippen LogP contribution is -2.35. The molecule has 0 saturated carbocycles. The van der Waals surface area contributed by atoms with Crippen molar-refractivity contribution in [3.8, 4) is 0 Å². The maximum Gasteiger partial charge on any atom is 0.245 e. The summed E-state index contributed by atoms with van der Waals surface area (Å²) in [4.78, 5) is 16.7. The van der Waals surface area contributed by atoms with Crippen LogP contribution in [0.15, 0.2) is 43.0 Å². The van der Waals surface area contributed by atoms with Gasteiger partial charge in [-0.3, -0.25) is 9.48 Å². The van der Waals surface area contributed by atoms with E-state index < -0.39 is 6.04 Å². The van der Waals surface area contributed by atoms with Crippen LogP contribution in [0.5, 0.6) is 0 Å². The van der Waals surface area contributed by atoms with Crippen LogP contribution < -0.4 is 5.32 Å². The Kier molecular flexibility index (Phi) is 4.90. The van der Waals surface area contributed by atoms with Gasteiger partial charge in [-0.2, -0.15) is 5.10 Å². The Labute approximate surface area is 138 Å². The molecule has 0 aliphatic carbocycles. The zero-order chi connectivity index (χ0) is 16.8. The highest BCUT2D eigenvalue weighted by molar-refractivity contribution is 5.80. The fraction of sp³-hybridized carbons (Fsp3) is 0.333. The highest BCUT2D eigenvalue weighted by Gasteiger charge is 2.22. The number of benzene rings is 1. The second kappa shape index (κ2) is 7.44. The van der Waals surface area contributed by atoms with Crippen LogP contribution in [-0.2, 0) is 24.7 Å². The molecule has 24 heavy (non-hydrogen) atoms. The van der Waals surface area contributed by atoms with Gasteiger partial charge >= 0.3 is 0 Å². The van der Waals surface area contributed by atoms with Gasteiger partial charge in [0.15, 0.2) is 0 Å². The van der Waals surface area contributed by atoms with Crippen LogP contribution in [0.1, 0.15) is 17.4 Å². The predicted molar refractivity (Wildman–Crippen MR) is 84.7 cm³/mol. The van der Waals surface area contributed by atoms with Crippen LogP contribution in [0.25, 0.3) is 0 Å². The number of aromatic nitrogens is 7. The predicted octanol–water partition coefficient (Wildman–Crippen LogP) is -0.0557. The molecular weight excluding hydrogens is 308 g/mol. The number of nitrogens with zero attached hydrogens (tertiary/aromatic N) is 7. The first-order valence-corrected chi connectivity index (χ1v) is 7.61. The molecule has 3 aromatic rings. The van der Waals surface area contributed by atoms with Gasteiger partial charge in [0.1, 0.15) is 24.5 Å². The molecule has 0 bridgehead atoms. The van der Waals surface area contributed by atoms with E-state index in [1.165, 1.54) is 17.3 Å². The van der Waals surface area contributed by atoms with Gasteiger partial charge in [0.25, 0.3) is 0 Å². The van der Waals surface area contributed by atoms with Crippen LogP contribution in [0.4, 0.5) is 0 Å². The molecule has 2 heterocycles. The number of nitrogens with one attached hydrogen (secondary N) is 1. The molecule has 0 saturated heterocycles. The average Bonchev–Trinajstić information content (AvgIpc) is 3.26. The number of carbonyl (C=O) groups excluding carboxylic acids is 1. The number of hydrogen-bond donors (Lipinski definition) is 1.